The second-order valence-electron chi connectivity index (χ2n) is 8.57. The third kappa shape index (κ3) is 5.26. The molecule has 7 nitrogen and oxygen atoms in total. The number of nitrogens with zero attached hydrogens (tertiary/aromatic N) is 5. The first-order valence-corrected chi connectivity index (χ1v) is 13.5. The van der Waals surface area contributed by atoms with Gasteiger partial charge in [-0.1, -0.05) is 55.3 Å². The summed E-state index contributed by atoms with van der Waals surface area (Å²) in [5.41, 5.74) is 1.76. The standard InChI is InChI=1S/C25H28N6OS2/c1-18-15-22(31(29-18)20-11-6-3-7-12-20)26-24(32)17-34-25-28-27-23(16-21-13-8-14-33-21)30(25)19-9-4-2-5-10-19/h3,6-8,11-15,19H,2,4-5,9-10,16-17H2,1H3,(H,26,32). The number of benzene rings is 1. The van der Waals surface area contributed by atoms with E-state index in [0.717, 1.165) is 41.6 Å². The lowest BCUT2D eigenvalue weighted by Gasteiger charge is -2.25. The Morgan fingerprint density at radius 1 is 1.12 bits per heavy atom. The molecule has 0 bridgehead atoms. The average Bonchev–Trinajstić information content (AvgIpc) is 3.60. The zero-order valence-electron chi connectivity index (χ0n) is 19.2. The molecule has 3 heterocycles. The van der Waals surface area contributed by atoms with Crippen LogP contribution in [0, 0.1) is 6.92 Å². The van der Waals surface area contributed by atoms with Gasteiger partial charge in [0.1, 0.15) is 11.6 Å². The van der Waals surface area contributed by atoms with Crippen LogP contribution in [0.3, 0.4) is 0 Å². The van der Waals surface area contributed by atoms with E-state index in [4.69, 9.17) is 0 Å². The van der Waals surface area contributed by atoms with E-state index >= 15 is 0 Å². The summed E-state index contributed by atoms with van der Waals surface area (Å²) in [6.07, 6.45) is 6.82. The van der Waals surface area contributed by atoms with Crippen molar-refractivity contribution in [1.82, 2.24) is 24.5 Å². The number of rotatable bonds is 8. The normalized spacial score (nSPS) is 14.4. The fraction of sp³-hybridized carbons (Fsp3) is 0.360. The number of hydrogen-bond donors (Lipinski definition) is 1. The lowest BCUT2D eigenvalue weighted by Crippen LogP contribution is -2.19. The van der Waals surface area contributed by atoms with Gasteiger partial charge in [-0.2, -0.15) is 5.10 Å². The molecule has 1 aliphatic rings. The van der Waals surface area contributed by atoms with Crippen LogP contribution in [0.1, 0.15) is 54.5 Å². The van der Waals surface area contributed by atoms with Crippen molar-refractivity contribution in [2.24, 2.45) is 0 Å². The third-order valence-electron chi connectivity index (χ3n) is 6.02. The highest BCUT2D eigenvalue weighted by molar-refractivity contribution is 7.99. The van der Waals surface area contributed by atoms with Crippen LogP contribution in [0.25, 0.3) is 5.69 Å². The van der Waals surface area contributed by atoms with E-state index in [2.05, 4.69) is 42.7 Å². The molecular weight excluding hydrogens is 464 g/mol. The molecule has 0 aliphatic heterocycles. The maximum atomic E-state index is 12.9. The molecule has 9 heteroatoms. The first kappa shape index (κ1) is 22.9. The lowest BCUT2D eigenvalue weighted by atomic mass is 9.95. The minimum absolute atomic E-state index is 0.0833. The first-order chi connectivity index (χ1) is 16.7. The van der Waals surface area contributed by atoms with Gasteiger partial charge in [0.25, 0.3) is 0 Å². The van der Waals surface area contributed by atoms with Crippen LogP contribution in [0.5, 0.6) is 0 Å². The maximum Gasteiger partial charge on any atom is 0.236 e. The molecule has 0 spiro atoms. The molecule has 1 fully saturated rings. The number of anilines is 1. The number of carbonyl (C=O) groups excluding carboxylic acids is 1. The quantitative estimate of drug-likeness (QED) is 0.321. The number of amides is 1. The van der Waals surface area contributed by atoms with Gasteiger partial charge in [0, 0.05) is 23.4 Å². The molecule has 4 aromatic rings. The van der Waals surface area contributed by atoms with Crippen molar-refractivity contribution in [2.45, 2.75) is 56.6 Å². The number of para-hydroxylation sites is 1. The number of thiophene rings is 1. The molecule has 0 unspecified atom stereocenters. The van der Waals surface area contributed by atoms with Gasteiger partial charge in [-0.05, 0) is 43.3 Å². The molecule has 176 valence electrons. The molecule has 0 atom stereocenters. The number of aryl methyl sites for hydroxylation is 1. The Morgan fingerprint density at radius 2 is 1.94 bits per heavy atom. The Kier molecular flexibility index (Phi) is 7.10. The van der Waals surface area contributed by atoms with Gasteiger partial charge in [0.15, 0.2) is 5.16 Å². The van der Waals surface area contributed by atoms with E-state index in [9.17, 15) is 4.79 Å². The topological polar surface area (TPSA) is 77.6 Å². The molecule has 34 heavy (non-hydrogen) atoms. The second-order valence-corrected chi connectivity index (χ2v) is 10.5. The summed E-state index contributed by atoms with van der Waals surface area (Å²) in [5, 5.41) is 19.5. The minimum Gasteiger partial charge on any atom is -0.310 e. The van der Waals surface area contributed by atoms with E-state index < -0.39 is 0 Å². The van der Waals surface area contributed by atoms with Gasteiger partial charge in [-0.15, -0.1) is 21.5 Å². The Bertz CT molecular complexity index is 1230. The summed E-state index contributed by atoms with van der Waals surface area (Å²) < 4.78 is 4.07. The molecule has 5 rings (SSSR count). The van der Waals surface area contributed by atoms with Crippen LogP contribution in [0.15, 0.2) is 59.1 Å². The molecule has 1 aromatic carbocycles. The van der Waals surface area contributed by atoms with E-state index in [1.807, 2.05) is 43.3 Å². The van der Waals surface area contributed by atoms with Crippen LogP contribution >= 0.6 is 23.1 Å². The summed E-state index contributed by atoms with van der Waals surface area (Å²) in [6, 6.07) is 16.3. The molecule has 0 saturated heterocycles. The molecule has 1 saturated carbocycles. The van der Waals surface area contributed by atoms with Gasteiger partial charge in [-0.3, -0.25) is 4.79 Å². The molecular formula is C25H28N6OS2. The molecule has 1 amide bonds. The third-order valence-corrected chi connectivity index (χ3v) is 7.84. The summed E-state index contributed by atoms with van der Waals surface area (Å²) in [6.45, 7) is 1.92. The van der Waals surface area contributed by atoms with Gasteiger partial charge in [-0.25, -0.2) is 4.68 Å². The smallest absolute Gasteiger partial charge is 0.236 e. The van der Waals surface area contributed by atoms with Crippen LogP contribution in [-0.4, -0.2) is 36.2 Å². The predicted molar refractivity (Wildman–Crippen MR) is 137 cm³/mol. The SMILES string of the molecule is Cc1cc(NC(=O)CSc2nnc(Cc3cccs3)n2C2CCCCC2)n(-c2ccccc2)n1. The zero-order chi connectivity index (χ0) is 23.3. The molecule has 0 radical (unpaired) electrons. The van der Waals surface area contributed by atoms with Crippen molar-refractivity contribution in [3.8, 4) is 5.69 Å². The van der Waals surface area contributed by atoms with Gasteiger partial charge in [0.05, 0.1) is 17.1 Å². The van der Waals surface area contributed by atoms with Gasteiger partial charge < -0.3 is 9.88 Å². The molecule has 3 aromatic heterocycles. The maximum absolute atomic E-state index is 12.9. The highest BCUT2D eigenvalue weighted by Crippen LogP contribution is 2.33. The van der Waals surface area contributed by atoms with Crippen LogP contribution in [0.2, 0.25) is 0 Å². The number of nitrogens with one attached hydrogen (secondary N) is 1. The number of thioether (sulfide) groups is 1. The first-order valence-electron chi connectivity index (χ1n) is 11.7. The van der Waals surface area contributed by atoms with Gasteiger partial charge >= 0.3 is 0 Å². The Hall–Kier alpha value is -2.91. The number of carbonyl (C=O) groups is 1. The fourth-order valence-electron chi connectivity index (χ4n) is 4.46. The van der Waals surface area contributed by atoms with E-state index in [1.54, 1.807) is 16.0 Å². The molecule has 1 N–H and O–H groups in total. The lowest BCUT2D eigenvalue weighted by molar-refractivity contribution is -0.113. The molecule has 1 aliphatic carbocycles. The van der Waals surface area contributed by atoms with E-state index in [1.165, 1.54) is 35.9 Å². The summed E-state index contributed by atoms with van der Waals surface area (Å²) in [5.74, 6) is 1.85. The van der Waals surface area contributed by atoms with E-state index in [-0.39, 0.29) is 11.7 Å². The Balaban J connectivity index is 1.30. The monoisotopic (exact) mass is 492 g/mol. The van der Waals surface area contributed by atoms with Gasteiger partial charge in [0.2, 0.25) is 5.91 Å². The van der Waals surface area contributed by atoms with Crippen molar-refractivity contribution >= 4 is 34.8 Å². The number of hydrogen-bond acceptors (Lipinski definition) is 6. The summed E-state index contributed by atoms with van der Waals surface area (Å²) in [7, 11) is 0. The number of aromatic nitrogens is 5. The Morgan fingerprint density at radius 3 is 2.71 bits per heavy atom. The minimum atomic E-state index is -0.0833. The van der Waals surface area contributed by atoms with Crippen molar-refractivity contribution < 1.29 is 4.79 Å². The predicted octanol–water partition coefficient (Wildman–Crippen LogP) is 5.66. The van der Waals surface area contributed by atoms with E-state index in [0.29, 0.717) is 11.9 Å². The highest BCUT2D eigenvalue weighted by Gasteiger charge is 2.24. The van der Waals surface area contributed by atoms with Crippen LogP contribution < -0.4 is 5.32 Å². The van der Waals surface area contributed by atoms with Crippen molar-refractivity contribution in [1.29, 1.82) is 0 Å². The average molecular weight is 493 g/mol. The highest BCUT2D eigenvalue weighted by atomic mass is 32.2. The second kappa shape index (κ2) is 10.6. The van der Waals surface area contributed by atoms with Crippen molar-refractivity contribution in [3.05, 3.63) is 70.3 Å². The van der Waals surface area contributed by atoms with Crippen molar-refractivity contribution in [2.75, 3.05) is 11.1 Å². The van der Waals surface area contributed by atoms with Crippen LogP contribution in [0.4, 0.5) is 5.82 Å². The summed E-state index contributed by atoms with van der Waals surface area (Å²) in [4.78, 5) is 14.2. The Labute approximate surface area is 207 Å². The fourth-order valence-corrected chi connectivity index (χ4v) is 5.99. The zero-order valence-corrected chi connectivity index (χ0v) is 20.8. The van der Waals surface area contributed by atoms with Crippen molar-refractivity contribution in [3.63, 3.8) is 0 Å². The largest absolute Gasteiger partial charge is 0.310 e. The van der Waals surface area contributed by atoms with Crippen LogP contribution in [-0.2, 0) is 11.2 Å². The summed E-state index contributed by atoms with van der Waals surface area (Å²) >= 11 is 3.20.